The van der Waals surface area contributed by atoms with Crippen LogP contribution in [0.3, 0.4) is 0 Å². The molecule has 2 N–H and O–H groups in total. The molecule has 4 unspecified atom stereocenters. The van der Waals surface area contributed by atoms with Gasteiger partial charge in [-0.05, 0) is 42.3 Å². The van der Waals surface area contributed by atoms with Crippen LogP contribution in [0.1, 0.15) is 41.0 Å². The van der Waals surface area contributed by atoms with E-state index in [-0.39, 0.29) is 29.6 Å². The molecule has 5 rings (SSSR count). The van der Waals surface area contributed by atoms with Crippen LogP contribution in [0, 0.1) is 12.8 Å². The Morgan fingerprint density at radius 2 is 1.64 bits per heavy atom. The van der Waals surface area contributed by atoms with E-state index in [1.54, 1.807) is 65.6 Å². The SMILES string of the molecule is Cc1nnc(SCC2OC(c3ccc(NS(=O)(=O)c4ccccc4)cc3)OC(c3ccc(CO)cc3)C2C)s1. The summed E-state index contributed by atoms with van der Waals surface area (Å²) in [5, 5.41) is 18.7. The molecule has 1 aliphatic heterocycles. The lowest BCUT2D eigenvalue weighted by molar-refractivity contribution is -0.268. The zero-order valence-corrected chi connectivity index (χ0v) is 23.9. The third-order valence-corrected chi connectivity index (χ3v) is 9.95. The van der Waals surface area contributed by atoms with Crippen LogP contribution in [0.4, 0.5) is 5.69 Å². The van der Waals surface area contributed by atoms with Crippen LogP contribution in [-0.4, -0.2) is 35.6 Å². The van der Waals surface area contributed by atoms with E-state index in [1.807, 2.05) is 43.3 Å². The Balaban J connectivity index is 1.36. The van der Waals surface area contributed by atoms with Gasteiger partial charge in [-0.2, -0.15) is 0 Å². The lowest BCUT2D eigenvalue weighted by Crippen LogP contribution is -2.38. The number of aryl methyl sites for hydroxylation is 1. The summed E-state index contributed by atoms with van der Waals surface area (Å²) in [7, 11) is -3.69. The van der Waals surface area contributed by atoms with Crippen molar-refractivity contribution in [2.24, 2.45) is 5.92 Å². The van der Waals surface area contributed by atoms with E-state index in [1.165, 1.54) is 0 Å². The number of benzene rings is 3. The molecule has 0 saturated carbocycles. The van der Waals surface area contributed by atoms with Crippen LogP contribution in [-0.2, 0) is 26.1 Å². The van der Waals surface area contributed by atoms with Crippen molar-refractivity contribution in [1.82, 2.24) is 10.2 Å². The number of sulfonamides is 1. The number of aliphatic hydroxyl groups excluding tert-OH is 1. The Bertz CT molecular complexity index is 1480. The largest absolute Gasteiger partial charge is 0.392 e. The number of hydrogen-bond acceptors (Lipinski definition) is 9. The van der Waals surface area contributed by atoms with Gasteiger partial charge in [0.25, 0.3) is 10.0 Å². The van der Waals surface area contributed by atoms with Gasteiger partial charge < -0.3 is 14.6 Å². The lowest BCUT2D eigenvalue weighted by atomic mass is 9.91. The second kappa shape index (κ2) is 12.2. The molecule has 1 fully saturated rings. The molecule has 0 bridgehead atoms. The van der Waals surface area contributed by atoms with Crippen molar-refractivity contribution in [2.45, 2.75) is 48.2 Å². The number of nitrogens with one attached hydrogen (secondary N) is 1. The Morgan fingerprint density at radius 3 is 2.28 bits per heavy atom. The molecule has 1 aromatic heterocycles. The van der Waals surface area contributed by atoms with Crippen molar-refractivity contribution < 1.29 is 23.0 Å². The molecule has 8 nitrogen and oxygen atoms in total. The van der Waals surface area contributed by atoms with Crippen LogP contribution in [0.2, 0.25) is 0 Å². The first-order valence-corrected chi connectivity index (χ1v) is 15.7. The maximum atomic E-state index is 12.7. The topological polar surface area (TPSA) is 111 Å². The van der Waals surface area contributed by atoms with E-state index in [0.717, 1.165) is 26.0 Å². The molecule has 204 valence electrons. The summed E-state index contributed by atoms with van der Waals surface area (Å²) in [6.07, 6.45) is -1.03. The normalized spacial score (nSPS) is 21.5. The molecule has 0 aliphatic carbocycles. The summed E-state index contributed by atoms with van der Waals surface area (Å²) in [5.41, 5.74) is 3.06. The van der Waals surface area contributed by atoms with Crippen LogP contribution in [0.15, 0.2) is 88.1 Å². The average Bonchev–Trinajstić information content (AvgIpc) is 3.38. The highest BCUT2D eigenvalue weighted by Gasteiger charge is 2.38. The van der Waals surface area contributed by atoms with E-state index >= 15 is 0 Å². The predicted octanol–water partition coefficient (Wildman–Crippen LogP) is 5.72. The molecular weight excluding hydrogens is 555 g/mol. The number of thioether (sulfide) groups is 1. The van der Waals surface area contributed by atoms with Gasteiger partial charge >= 0.3 is 0 Å². The number of aromatic nitrogens is 2. The molecular formula is C28H29N3O5S3. The minimum absolute atomic E-state index is 0.0198. The van der Waals surface area contributed by atoms with Gasteiger partial charge in [0.15, 0.2) is 10.6 Å². The van der Waals surface area contributed by atoms with Gasteiger partial charge in [0.2, 0.25) is 0 Å². The fourth-order valence-corrected chi connectivity index (χ4v) is 7.41. The van der Waals surface area contributed by atoms with Crippen LogP contribution in [0.25, 0.3) is 0 Å². The fourth-order valence-electron chi connectivity index (χ4n) is 4.32. The van der Waals surface area contributed by atoms with Crippen molar-refractivity contribution in [2.75, 3.05) is 10.5 Å². The summed E-state index contributed by atoms with van der Waals surface area (Å²) < 4.78 is 41.9. The van der Waals surface area contributed by atoms with E-state index < -0.39 is 16.3 Å². The standard InChI is InChI=1S/C28H29N3O5S3/c1-18-25(17-37-28-30-29-19(2)38-28)35-27(36-26(18)21-10-8-20(16-32)9-11-21)22-12-14-23(15-13-22)31-39(33,34)24-6-4-3-5-7-24/h3-15,18,25-27,31-32H,16-17H2,1-2H3. The number of anilines is 1. The quantitative estimate of drug-likeness (QED) is 0.241. The minimum Gasteiger partial charge on any atom is -0.392 e. The van der Waals surface area contributed by atoms with Gasteiger partial charge in [-0.1, -0.05) is 84.6 Å². The van der Waals surface area contributed by atoms with Gasteiger partial charge in [0.05, 0.1) is 23.7 Å². The van der Waals surface area contributed by atoms with Crippen molar-refractivity contribution in [3.63, 3.8) is 0 Å². The Hall–Kier alpha value is -2.80. The van der Waals surface area contributed by atoms with Gasteiger partial charge in [-0.15, -0.1) is 10.2 Å². The second-order valence-corrected chi connectivity index (χ2v) is 13.4. The van der Waals surface area contributed by atoms with Gasteiger partial charge in [-0.25, -0.2) is 8.42 Å². The monoisotopic (exact) mass is 583 g/mol. The third-order valence-electron chi connectivity index (χ3n) is 6.49. The number of nitrogens with zero attached hydrogens (tertiary/aromatic N) is 2. The highest BCUT2D eigenvalue weighted by molar-refractivity contribution is 8.01. The minimum atomic E-state index is -3.69. The van der Waals surface area contributed by atoms with E-state index in [9.17, 15) is 13.5 Å². The molecule has 4 atom stereocenters. The first-order valence-electron chi connectivity index (χ1n) is 12.4. The summed E-state index contributed by atoms with van der Waals surface area (Å²) in [6.45, 7) is 4.02. The first-order chi connectivity index (χ1) is 18.8. The molecule has 0 amide bonds. The molecule has 11 heteroatoms. The molecule has 1 saturated heterocycles. The Morgan fingerprint density at radius 1 is 0.949 bits per heavy atom. The Kier molecular flexibility index (Phi) is 8.65. The number of hydrogen-bond donors (Lipinski definition) is 2. The molecule has 4 aromatic rings. The predicted molar refractivity (Wildman–Crippen MR) is 152 cm³/mol. The molecule has 2 heterocycles. The third kappa shape index (κ3) is 6.68. The molecule has 0 radical (unpaired) electrons. The van der Waals surface area contributed by atoms with Crippen molar-refractivity contribution >= 4 is 38.8 Å². The summed E-state index contributed by atoms with van der Waals surface area (Å²) in [6, 6.07) is 23.1. The summed E-state index contributed by atoms with van der Waals surface area (Å²) >= 11 is 3.17. The second-order valence-electron chi connectivity index (χ2n) is 9.26. The average molecular weight is 584 g/mol. The van der Waals surface area contributed by atoms with Crippen molar-refractivity contribution in [3.05, 3.63) is 101 Å². The molecule has 3 aromatic carbocycles. The van der Waals surface area contributed by atoms with E-state index in [4.69, 9.17) is 9.47 Å². The number of rotatable bonds is 9. The lowest BCUT2D eigenvalue weighted by Gasteiger charge is -2.41. The van der Waals surface area contributed by atoms with E-state index in [2.05, 4.69) is 21.8 Å². The van der Waals surface area contributed by atoms with Gasteiger partial charge in [-0.3, -0.25) is 4.72 Å². The van der Waals surface area contributed by atoms with Crippen LogP contribution < -0.4 is 4.72 Å². The summed E-state index contributed by atoms with van der Waals surface area (Å²) in [4.78, 5) is 0.197. The number of aliphatic hydroxyl groups is 1. The molecule has 39 heavy (non-hydrogen) atoms. The summed E-state index contributed by atoms with van der Waals surface area (Å²) in [5.74, 6) is 0.718. The van der Waals surface area contributed by atoms with Crippen LogP contribution in [0.5, 0.6) is 0 Å². The molecule has 1 aliphatic rings. The zero-order valence-electron chi connectivity index (χ0n) is 21.4. The molecule has 0 spiro atoms. The van der Waals surface area contributed by atoms with Crippen molar-refractivity contribution in [1.29, 1.82) is 0 Å². The maximum Gasteiger partial charge on any atom is 0.261 e. The van der Waals surface area contributed by atoms with E-state index in [0.29, 0.717) is 11.4 Å². The Labute approximate surface area is 236 Å². The smallest absolute Gasteiger partial charge is 0.261 e. The highest BCUT2D eigenvalue weighted by atomic mass is 32.2. The number of ether oxygens (including phenoxy) is 2. The van der Waals surface area contributed by atoms with Gasteiger partial charge in [0, 0.05) is 22.9 Å². The first kappa shape index (κ1) is 27.8. The van der Waals surface area contributed by atoms with Crippen LogP contribution >= 0.6 is 23.1 Å². The highest BCUT2D eigenvalue weighted by Crippen LogP contribution is 2.43. The van der Waals surface area contributed by atoms with Crippen molar-refractivity contribution in [3.8, 4) is 0 Å². The fraction of sp³-hybridized carbons (Fsp3) is 0.286. The zero-order chi connectivity index (χ0) is 27.4. The van der Waals surface area contributed by atoms with Gasteiger partial charge in [0.1, 0.15) is 5.01 Å². The maximum absolute atomic E-state index is 12.7.